The monoisotopic (exact) mass is 369 g/mol. The molecule has 1 atom stereocenters. The van der Waals surface area contributed by atoms with Gasteiger partial charge < -0.3 is 9.42 Å². The van der Waals surface area contributed by atoms with Crippen molar-refractivity contribution in [2.75, 3.05) is 13.1 Å². The van der Waals surface area contributed by atoms with Gasteiger partial charge in [-0.25, -0.2) is 8.78 Å². The molecule has 0 bridgehead atoms. The Morgan fingerprint density at radius 1 is 1.11 bits per heavy atom. The summed E-state index contributed by atoms with van der Waals surface area (Å²) in [4.78, 5) is 18.7. The number of benzene rings is 2. The Morgan fingerprint density at radius 3 is 2.70 bits per heavy atom. The molecular weight excluding hydrogens is 352 g/mol. The number of halogens is 2. The second kappa shape index (κ2) is 7.26. The van der Waals surface area contributed by atoms with Crippen LogP contribution >= 0.6 is 0 Å². The molecule has 138 valence electrons. The predicted octanol–water partition coefficient (Wildman–Crippen LogP) is 4.03. The lowest BCUT2D eigenvalue weighted by Gasteiger charge is -2.31. The van der Waals surface area contributed by atoms with Gasteiger partial charge in [-0.05, 0) is 31.0 Å². The second-order valence-electron chi connectivity index (χ2n) is 6.54. The Kier molecular flexibility index (Phi) is 4.66. The zero-order valence-corrected chi connectivity index (χ0v) is 14.4. The molecule has 1 aliphatic heterocycles. The molecule has 0 spiro atoms. The number of amides is 1. The summed E-state index contributed by atoms with van der Waals surface area (Å²) < 4.78 is 32.0. The van der Waals surface area contributed by atoms with Gasteiger partial charge in [-0.3, -0.25) is 4.79 Å². The van der Waals surface area contributed by atoms with Gasteiger partial charge in [-0.1, -0.05) is 35.5 Å². The Balaban J connectivity index is 1.50. The fourth-order valence-corrected chi connectivity index (χ4v) is 3.28. The molecule has 4 rings (SSSR count). The highest BCUT2D eigenvalue weighted by molar-refractivity contribution is 5.94. The molecule has 0 saturated carbocycles. The highest BCUT2D eigenvalue weighted by atomic mass is 19.2. The summed E-state index contributed by atoms with van der Waals surface area (Å²) in [5, 5.41) is 4.03. The molecular formula is C20H17F2N3O2. The first-order valence-electron chi connectivity index (χ1n) is 8.75. The van der Waals surface area contributed by atoms with Crippen LogP contribution in [0.5, 0.6) is 0 Å². The van der Waals surface area contributed by atoms with Crippen molar-refractivity contribution in [1.29, 1.82) is 0 Å². The normalized spacial score (nSPS) is 17.1. The maximum absolute atomic E-state index is 13.4. The van der Waals surface area contributed by atoms with E-state index >= 15 is 0 Å². The van der Waals surface area contributed by atoms with Crippen LogP contribution in [0.2, 0.25) is 0 Å². The molecule has 7 heteroatoms. The van der Waals surface area contributed by atoms with E-state index in [4.69, 9.17) is 4.52 Å². The molecule has 1 saturated heterocycles. The van der Waals surface area contributed by atoms with Crippen LogP contribution in [0.15, 0.2) is 53.1 Å². The summed E-state index contributed by atoms with van der Waals surface area (Å²) >= 11 is 0. The number of carbonyl (C=O) groups is 1. The summed E-state index contributed by atoms with van der Waals surface area (Å²) in [6.07, 6.45) is 1.58. The zero-order valence-electron chi connectivity index (χ0n) is 14.4. The van der Waals surface area contributed by atoms with Gasteiger partial charge in [-0.2, -0.15) is 4.98 Å². The topological polar surface area (TPSA) is 59.2 Å². The number of hydrogen-bond acceptors (Lipinski definition) is 4. The van der Waals surface area contributed by atoms with Gasteiger partial charge in [-0.15, -0.1) is 0 Å². The van der Waals surface area contributed by atoms with Crippen LogP contribution in [-0.2, 0) is 0 Å². The molecule has 2 heterocycles. The number of carbonyl (C=O) groups excluding carboxylic acids is 1. The Morgan fingerprint density at radius 2 is 1.93 bits per heavy atom. The van der Waals surface area contributed by atoms with E-state index in [0.29, 0.717) is 24.8 Å². The molecule has 0 unspecified atom stereocenters. The van der Waals surface area contributed by atoms with Crippen molar-refractivity contribution in [1.82, 2.24) is 15.0 Å². The van der Waals surface area contributed by atoms with Crippen LogP contribution in [0.3, 0.4) is 0 Å². The molecule has 5 nitrogen and oxygen atoms in total. The first-order valence-corrected chi connectivity index (χ1v) is 8.75. The van der Waals surface area contributed by atoms with Gasteiger partial charge in [0.1, 0.15) is 0 Å². The Hall–Kier alpha value is -3.09. The lowest BCUT2D eigenvalue weighted by atomic mass is 9.97. The van der Waals surface area contributed by atoms with Crippen LogP contribution in [0.1, 0.15) is 35.0 Å². The highest BCUT2D eigenvalue weighted by Gasteiger charge is 2.29. The van der Waals surface area contributed by atoms with Crippen molar-refractivity contribution in [2.24, 2.45) is 0 Å². The van der Waals surface area contributed by atoms with Crippen molar-refractivity contribution >= 4 is 5.91 Å². The average Bonchev–Trinajstić information content (AvgIpc) is 3.21. The predicted molar refractivity (Wildman–Crippen MR) is 94.0 cm³/mol. The van der Waals surface area contributed by atoms with Crippen molar-refractivity contribution < 1.29 is 18.1 Å². The number of rotatable bonds is 3. The largest absolute Gasteiger partial charge is 0.339 e. The molecule has 27 heavy (non-hydrogen) atoms. The minimum Gasteiger partial charge on any atom is -0.339 e. The Bertz CT molecular complexity index is 959. The van der Waals surface area contributed by atoms with E-state index in [-0.39, 0.29) is 17.4 Å². The van der Waals surface area contributed by atoms with Crippen LogP contribution < -0.4 is 0 Å². The van der Waals surface area contributed by atoms with Crippen LogP contribution in [0.4, 0.5) is 8.78 Å². The fraction of sp³-hybridized carbons (Fsp3) is 0.250. The SMILES string of the molecule is O=C(c1ccc(F)c(F)c1)N1CCC[C@H](c2nc(-c3ccccc3)no2)C1. The summed E-state index contributed by atoms with van der Waals surface area (Å²) in [6.45, 7) is 0.947. The molecule has 3 aromatic rings. The number of piperidine rings is 1. The number of hydrogen-bond donors (Lipinski definition) is 0. The maximum atomic E-state index is 13.4. The Labute approximate surface area is 154 Å². The third kappa shape index (κ3) is 3.58. The second-order valence-corrected chi connectivity index (χ2v) is 6.54. The summed E-state index contributed by atoms with van der Waals surface area (Å²) in [5.74, 6) is -1.42. The lowest BCUT2D eigenvalue weighted by Crippen LogP contribution is -2.39. The van der Waals surface area contributed by atoms with Gasteiger partial charge >= 0.3 is 0 Å². The van der Waals surface area contributed by atoms with E-state index in [1.807, 2.05) is 30.3 Å². The minimum absolute atomic E-state index is 0.0852. The van der Waals surface area contributed by atoms with E-state index in [1.165, 1.54) is 6.07 Å². The number of likely N-dealkylation sites (tertiary alicyclic amines) is 1. The standard InChI is InChI=1S/C20H17F2N3O2/c21-16-9-8-14(11-17(16)22)20(26)25-10-4-7-15(12-25)19-23-18(24-27-19)13-5-2-1-3-6-13/h1-3,5-6,8-9,11,15H,4,7,10,12H2/t15-/m0/s1. The van der Waals surface area contributed by atoms with Crippen LogP contribution in [0.25, 0.3) is 11.4 Å². The van der Waals surface area contributed by atoms with Gasteiger partial charge in [0.15, 0.2) is 11.6 Å². The van der Waals surface area contributed by atoms with E-state index < -0.39 is 11.6 Å². The third-order valence-electron chi connectivity index (χ3n) is 4.70. The van der Waals surface area contributed by atoms with Crippen molar-refractivity contribution in [3.8, 4) is 11.4 Å². The molecule has 0 aliphatic carbocycles. The molecule has 1 fully saturated rings. The van der Waals surface area contributed by atoms with E-state index in [1.54, 1.807) is 4.90 Å². The fourth-order valence-electron chi connectivity index (χ4n) is 3.28. The van der Waals surface area contributed by atoms with Crippen molar-refractivity contribution in [3.05, 3.63) is 71.6 Å². The minimum atomic E-state index is -1.03. The van der Waals surface area contributed by atoms with E-state index in [2.05, 4.69) is 10.1 Å². The smallest absolute Gasteiger partial charge is 0.253 e. The summed E-state index contributed by atoms with van der Waals surface area (Å²) in [7, 11) is 0. The van der Waals surface area contributed by atoms with Gasteiger partial charge in [0.2, 0.25) is 11.7 Å². The molecule has 0 radical (unpaired) electrons. The van der Waals surface area contributed by atoms with Crippen molar-refractivity contribution in [2.45, 2.75) is 18.8 Å². The summed E-state index contributed by atoms with van der Waals surface area (Å²) in [6, 6.07) is 12.7. The van der Waals surface area contributed by atoms with Gasteiger partial charge in [0.25, 0.3) is 5.91 Å². The van der Waals surface area contributed by atoms with Gasteiger partial charge in [0.05, 0.1) is 5.92 Å². The van der Waals surface area contributed by atoms with E-state index in [0.717, 1.165) is 30.5 Å². The molecule has 0 N–H and O–H groups in total. The van der Waals surface area contributed by atoms with Gasteiger partial charge in [0, 0.05) is 24.2 Å². The zero-order chi connectivity index (χ0) is 18.8. The first kappa shape index (κ1) is 17.3. The summed E-state index contributed by atoms with van der Waals surface area (Å²) in [5.41, 5.74) is 0.989. The molecule has 1 aliphatic rings. The quantitative estimate of drug-likeness (QED) is 0.699. The van der Waals surface area contributed by atoms with Crippen molar-refractivity contribution in [3.63, 3.8) is 0 Å². The first-order chi connectivity index (χ1) is 13.1. The molecule has 2 aromatic carbocycles. The highest BCUT2D eigenvalue weighted by Crippen LogP contribution is 2.28. The van der Waals surface area contributed by atoms with Crippen LogP contribution in [0, 0.1) is 11.6 Å². The lowest BCUT2D eigenvalue weighted by molar-refractivity contribution is 0.0695. The average molecular weight is 369 g/mol. The maximum Gasteiger partial charge on any atom is 0.253 e. The molecule has 1 aromatic heterocycles. The number of aromatic nitrogens is 2. The molecule has 1 amide bonds. The number of nitrogens with zero attached hydrogens (tertiary/aromatic N) is 3. The van der Waals surface area contributed by atoms with Crippen LogP contribution in [-0.4, -0.2) is 34.0 Å². The third-order valence-corrected chi connectivity index (χ3v) is 4.70. The van der Waals surface area contributed by atoms with E-state index in [9.17, 15) is 13.6 Å².